The van der Waals surface area contributed by atoms with Crippen LogP contribution in [-0.4, -0.2) is 49.4 Å². The smallest absolute Gasteiger partial charge is 0.0799 e. The van der Waals surface area contributed by atoms with Crippen molar-refractivity contribution in [1.29, 1.82) is 0 Å². The third-order valence-electron chi connectivity index (χ3n) is 2.20. The van der Waals surface area contributed by atoms with Crippen molar-refractivity contribution in [2.75, 3.05) is 33.0 Å². The van der Waals surface area contributed by atoms with Crippen LogP contribution in [0.1, 0.15) is 20.3 Å². The molecule has 0 bridgehead atoms. The maximum Gasteiger partial charge on any atom is 0.0799 e. The van der Waals surface area contributed by atoms with Crippen molar-refractivity contribution >= 4 is 0 Å². The standard InChI is InChI=1S/C10H22O4/c1-3-9(2)10(12)8-14-7-6-13-5-4-11/h9-12H,3-8H2,1-2H3. The van der Waals surface area contributed by atoms with Crippen LogP contribution in [0.15, 0.2) is 0 Å². The Morgan fingerprint density at radius 3 is 2.36 bits per heavy atom. The van der Waals surface area contributed by atoms with Gasteiger partial charge in [-0.1, -0.05) is 20.3 Å². The summed E-state index contributed by atoms with van der Waals surface area (Å²) in [6.07, 6.45) is 0.559. The minimum absolute atomic E-state index is 0.0372. The minimum Gasteiger partial charge on any atom is -0.394 e. The van der Waals surface area contributed by atoms with Gasteiger partial charge in [-0.25, -0.2) is 0 Å². The first kappa shape index (κ1) is 13.8. The average molecular weight is 206 g/mol. The molecule has 86 valence electrons. The zero-order valence-electron chi connectivity index (χ0n) is 9.11. The first-order valence-electron chi connectivity index (χ1n) is 5.16. The summed E-state index contributed by atoms with van der Waals surface area (Å²) in [5, 5.41) is 17.9. The molecule has 0 aromatic carbocycles. The molecule has 0 aromatic rings. The van der Waals surface area contributed by atoms with E-state index in [1.54, 1.807) is 0 Å². The molecule has 2 atom stereocenters. The molecule has 14 heavy (non-hydrogen) atoms. The van der Waals surface area contributed by atoms with Gasteiger partial charge in [0, 0.05) is 0 Å². The molecular weight excluding hydrogens is 184 g/mol. The van der Waals surface area contributed by atoms with E-state index in [2.05, 4.69) is 0 Å². The molecule has 0 spiro atoms. The molecule has 0 aromatic heterocycles. The highest BCUT2D eigenvalue weighted by Gasteiger charge is 2.11. The molecule has 0 heterocycles. The second-order valence-corrected chi connectivity index (χ2v) is 3.36. The topological polar surface area (TPSA) is 58.9 Å². The number of hydrogen-bond donors (Lipinski definition) is 2. The predicted octanol–water partition coefficient (Wildman–Crippen LogP) is 0.419. The lowest BCUT2D eigenvalue weighted by molar-refractivity contribution is -0.0182. The normalized spacial score (nSPS) is 15.4. The van der Waals surface area contributed by atoms with E-state index in [1.807, 2.05) is 13.8 Å². The van der Waals surface area contributed by atoms with Crippen molar-refractivity contribution in [2.45, 2.75) is 26.4 Å². The van der Waals surface area contributed by atoms with Gasteiger partial charge in [0.15, 0.2) is 0 Å². The van der Waals surface area contributed by atoms with E-state index in [4.69, 9.17) is 14.6 Å². The molecule has 0 aliphatic heterocycles. The number of hydrogen-bond acceptors (Lipinski definition) is 4. The molecule has 2 unspecified atom stereocenters. The van der Waals surface area contributed by atoms with E-state index in [9.17, 15) is 5.11 Å². The molecule has 0 rings (SSSR count). The maximum absolute atomic E-state index is 9.51. The SMILES string of the molecule is CCC(C)C(O)COCCOCCO. The second kappa shape index (κ2) is 9.40. The zero-order valence-corrected chi connectivity index (χ0v) is 9.11. The summed E-state index contributed by atoms with van der Waals surface area (Å²) in [7, 11) is 0. The van der Waals surface area contributed by atoms with Crippen LogP contribution < -0.4 is 0 Å². The van der Waals surface area contributed by atoms with Crippen molar-refractivity contribution in [1.82, 2.24) is 0 Å². The molecule has 4 heteroatoms. The maximum atomic E-state index is 9.51. The largest absolute Gasteiger partial charge is 0.394 e. The molecule has 0 amide bonds. The summed E-state index contributed by atoms with van der Waals surface area (Å²) in [6, 6.07) is 0. The second-order valence-electron chi connectivity index (χ2n) is 3.36. The summed E-state index contributed by atoms with van der Waals surface area (Å²) >= 11 is 0. The van der Waals surface area contributed by atoms with Crippen LogP contribution in [0.25, 0.3) is 0 Å². The Morgan fingerprint density at radius 1 is 1.14 bits per heavy atom. The lowest BCUT2D eigenvalue weighted by Gasteiger charge is -2.16. The van der Waals surface area contributed by atoms with Crippen LogP contribution in [0.3, 0.4) is 0 Å². The quantitative estimate of drug-likeness (QED) is 0.537. The van der Waals surface area contributed by atoms with E-state index >= 15 is 0 Å². The fraction of sp³-hybridized carbons (Fsp3) is 1.00. The first-order valence-corrected chi connectivity index (χ1v) is 5.16. The number of ether oxygens (including phenoxy) is 2. The lowest BCUT2D eigenvalue weighted by atomic mass is 10.0. The van der Waals surface area contributed by atoms with Gasteiger partial charge in [0.1, 0.15) is 0 Å². The van der Waals surface area contributed by atoms with Gasteiger partial charge in [-0.3, -0.25) is 0 Å². The van der Waals surface area contributed by atoms with E-state index < -0.39 is 6.10 Å². The number of aliphatic hydroxyl groups is 2. The van der Waals surface area contributed by atoms with Crippen LogP contribution in [0.5, 0.6) is 0 Å². The van der Waals surface area contributed by atoms with E-state index in [1.165, 1.54) is 0 Å². The van der Waals surface area contributed by atoms with Gasteiger partial charge in [0.2, 0.25) is 0 Å². The molecule has 0 radical (unpaired) electrons. The van der Waals surface area contributed by atoms with Gasteiger partial charge in [-0.2, -0.15) is 0 Å². The molecule has 2 N–H and O–H groups in total. The summed E-state index contributed by atoms with van der Waals surface area (Å²) in [4.78, 5) is 0. The first-order chi connectivity index (χ1) is 6.72. The molecule has 0 saturated carbocycles. The van der Waals surface area contributed by atoms with Crippen LogP contribution in [-0.2, 0) is 9.47 Å². The van der Waals surface area contributed by atoms with Gasteiger partial charge in [0.05, 0.1) is 39.1 Å². The van der Waals surface area contributed by atoms with Crippen LogP contribution in [0, 0.1) is 5.92 Å². The fourth-order valence-electron chi connectivity index (χ4n) is 0.925. The van der Waals surface area contributed by atoms with Crippen molar-refractivity contribution < 1.29 is 19.7 Å². The Balaban J connectivity index is 3.18. The Labute approximate surface area is 85.8 Å². The Hall–Kier alpha value is -0.160. The van der Waals surface area contributed by atoms with Gasteiger partial charge in [0.25, 0.3) is 0 Å². The third kappa shape index (κ3) is 7.26. The minimum atomic E-state index is -0.391. The van der Waals surface area contributed by atoms with E-state index in [0.29, 0.717) is 26.4 Å². The van der Waals surface area contributed by atoms with Crippen molar-refractivity contribution in [3.63, 3.8) is 0 Å². The van der Waals surface area contributed by atoms with Gasteiger partial charge in [-0.15, -0.1) is 0 Å². The summed E-state index contributed by atoms with van der Waals surface area (Å²) < 4.78 is 10.2. The summed E-state index contributed by atoms with van der Waals surface area (Å²) in [6.45, 7) is 5.71. The molecule has 4 nitrogen and oxygen atoms in total. The molecule has 0 aliphatic rings. The third-order valence-corrected chi connectivity index (χ3v) is 2.20. The fourth-order valence-corrected chi connectivity index (χ4v) is 0.925. The number of rotatable bonds is 9. The van der Waals surface area contributed by atoms with Crippen LogP contribution in [0.4, 0.5) is 0 Å². The van der Waals surface area contributed by atoms with Crippen molar-refractivity contribution in [3.05, 3.63) is 0 Å². The molecule has 0 fully saturated rings. The highest BCUT2D eigenvalue weighted by molar-refractivity contribution is 4.61. The lowest BCUT2D eigenvalue weighted by Crippen LogP contribution is -2.24. The highest BCUT2D eigenvalue weighted by Crippen LogP contribution is 2.07. The molecule has 0 saturated heterocycles. The highest BCUT2D eigenvalue weighted by atomic mass is 16.5. The predicted molar refractivity (Wildman–Crippen MR) is 54.2 cm³/mol. The van der Waals surface area contributed by atoms with Crippen molar-refractivity contribution in [3.8, 4) is 0 Å². The Bertz CT molecular complexity index is 119. The van der Waals surface area contributed by atoms with E-state index in [-0.39, 0.29) is 12.5 Å². The van der Waals surface area contributed by atoms with Crippen LogP contribution in [0.2, 0.25) is 0 Å². The molecule has 0 aliphatic carbocycles. The van der Waals surface area contributed by atoms with Crippen LogP contribution >= 0.6 is 0 Å². The molecular formula is C10H22O4. The Kier molecular flexibility index (Phi) is 9.29. The van der Waals surface area contributed by atoms with Crippen molar-refractivity contribution in [2.24, 2.45) is 5.92 Å². The van der Waals surface area contributed by atoms with E-state index in [0.717, 1.165) is 6.42 Å². The zero-order chi connectivity index (χ0) is 10.8. The van der Waals surface area contributed by atoms with Gasteiger partial charge < -0.3 is 19.7 Å². The van der Waals surface area contributed by atoms with Gasteiger partial charge in [-0.05, 0) is 5.92 Å². The average Bonchev–Trinajstić information content (AvgIpc) is 2.21. The number of aliphatic hydroxyl groups excluding tert-OH is 2. The van der Waals surface area contributed by atoms with Gasteiger partial charge >= 0.3 is 0 Å². The summed E-state index contributed by atoms with van der Waals surface area (Å²) in [5.41, 5.74) is 0. The Morgan fingerprint density at radius 2 is 1.79 bits per heavy atom. The summed E-state index contributed by atoms with van der Waals surface area (Å²) in [5.74, 6) is 0.272. The monoisotopic (exact) mass is 206 g/mol.